The Morgan fingerprint density at radius 2 is 1.66 bits per heavy atom. The first-order valence-corrected chi connectivity index (χ1v) is 15.5. The van der Waals surface area contributed by atoms with Crippen LogP contribution in [0.5, 0.6) is 0 Å². The molecule has 0 saturated carbocycles. The second-order valence-corrected chi connectivity index (χ2v) is 12.1. The van der Waals surface area contributed by atoms with Crippen molar-refractivity contribution in [1.82, 2.24) is 10.3 Å². The topological polar surface area (TPSA) is 130 Å². The second kappa shape index (κ2) is 16.0. The lowest BCUT2D eigenvalue weighted by Gasteiger charge is -2.31. The minimum Gasteiger partial charge on any atom is -0.463 e. The van der Waals surface area contributed by atoms with E-state index in [0.717, 1.165) is 17.5 Å². The van der Waals surface area contributed by atoms with Crippen LogP contribution >= 0.6 is 0 Å². The number of nitro groups is 1. The van der Waals surface area contributed by atoms with Crippen molar-refractivity contribution in [3.8, 4) is 0 Å². The Balaban J connectivity index is 1.37. The van der Waals surface area contributed by atoms with Crippen molar-refractivity contribution in [2.75, 3.05) is 26.4 Å². The molecule has 0 aliphatic carbocycles. The summed E-state index contributed by atoms with van der Waals surface area (Å²) in [6, 6.07) is 18.2. The second-order valence-electron chi connectivity index (χ2n) is 12.1. The number of benzene rings is 2. The van der Waals surface area contributed by atoms with E-state index in [1.54, 1.807) is 33.0 Å². The summed E-state index contributed by atoms with van der Waals surface area (Å²) in [5.41, 5.74) is 4.53. The Kier molecular flexibility index (Phi) is 11.8. The first-order valence-electron chi connectivity index (χ1n) is 15.5. The number of esters is 2. The number of allylic oxidation sites excluding steroid dienone is 2. The molecule has 0 fully saturated rings. The fourth-order valence-electron chi connectivity index (χ4n) is 5.35. The number of nitrogens with zero attached hydrogens (tertiary/aromatic N) is 2. The van der Waals surface area contributed by atoms with Gasteiger partial charge in [-0.2, -0.15) is 0 Å². The third-order valence-electron chi connectivity index (χ3n) is 7.61. The summed E-state index contributed by atoms with van der Waals surface area (Å²) in [5.74, 6) is -2.17. The molecule has 3 aromatic rings. The van der Waals surface area contributed by atoms with Crippen LogP contribution in [0.15, 0.2) is 102 Å². The normalized spacial score (nSPS) is 15.0. The van der Waals surface area contributed by atoms with Crippen molar-refractivity contribution in [2.45, 2.75) is 47.0 Å². The molecule has 1 atom stereocenters. The Hall–Kier alpha value is -5.09. The van der Waals surface area contributed by atoms with Gasteiger partial charge in [0.2, 0.25) is 0 Å². The minimum atomic E-state index is -0.920. The van der Waals surface area contributed by atoms with Gasteiger partial charge in [-0.25, -0.2) is 9.59 Å². The highest BCUT2D eigenvalue weighted by Gasteiger charge is 2.39. The van der Waals surface area contributed by atoms with Crippen LogP contribution in [0.4, 0.5) is 5.69 Å². The molecule has 10 nitrogen and oxygen atoms in total. The number of carbonyl (C=O) groups excluding carboxylic acids is 2. The largest absolute Gasteiger partial charge is 0.463 e. The van der Waals surface area contributed by atoms with Gasteiger partial charge in [-0.3, -0.25) is 15.1 Å². The number of rotatable bonds is 14. The zero-order chi connectivity index (χ0) is 34.0. The first kappa shape index (κ1) is 34.8. The number of nitrogens with one attached hydrogen (secondary N) is 1. The molecule has 0 amide bonds. The molecule has 10 heteroatoms. The molecule has 1 aliphatic heterocycles. The molecule has 1 aromatic heterocycles. The Bertz CT molecular complexity index is 1680. The predicted octanol–water partition coefficient (Wildman–Crippen LogP) is 6.68. The van der Waals surface area contributed by atoms with E-state index in [1.807, 2.05) is 38.3 Å². The summed E-state index contributed by atoms with van der Waals surface area (Å²) < 4.78 is 17.0. The van der Waals surface area contributed by atoms with Gasteiger partial charge < -0.3 is 19.5 Å². The predicted molar refractivity (Wildman–Crippen MR) is 179 cm³/mol. The zero-order valence-corrected chi connectivity index (χ0v) is 27.4. The molecule has 0 bridgehead atoms. The lowest BCUT2D eigenvalue weighted by atomic mass is 9.80. The van der Waals surface area contributed by atoms with E-state index in [1.165, 1.54) is 23.8 Å². The summed E-state index contributed by atoms with van der Waals surface area (Å²) in [7, 11) is 0. The van der Waals surface area contributed by atoms with Crippen LogP contribution in [0.2, 0.25) is 0 Å². The summed E-state index contributed by atoms with van der Waals surface area (Å²) >= 11 is 0. The Labute approximate surface area is 275 Å². The molecule has 4 rings (SSSR count). The smallest absolute Gasteiger partial charge is 0.336 e. The molecule has 0 radical (unpaired) electrons. The van der Waals surface area contributed by atoms with Crippen molar-refractivity contribution >= 4 is 23.7 Å². The molecule has 0 spiro atoms. The fraction of sp³-hybridized carbons (Fsp3) is 0.324. The standard InChI is InChI=1S/C37H41N3O7/c1-6-46-35(41)32-25(2)39-26(3)33(34(32)30-12-7-13-31(21-30)40(43)44)36(42)47-24-37(4,5)23-45-19-9-11-27-14-16-28(17-15-27)20-29-10-8-18-38-22-29/h7-18,21-22,34,39H,6,19-20,23-24H2,1-5H3/b11-9+. The monoisotopic (exact) mass is 639 g/mol. The van der Waals surface area contributed by atoms with Gasteiger partial charge >= 0.3 is 11.9 Å². The van der Waals surface area contributed by atoms with E-state index < -0.39 is 28.2 Å². The average Bonchev–Trinajstić information content (AvgIpc) is 3.04. The molecule has 1 aliphatic rings. The summed E-state index contributed by atoms with van der Waals surface area (Å²) in [4.78, 5) is 42.0. The van der Waals surface area contributed by atoms with Gasteiger partial charge in [0, 0.05) is 41.3 Å². The number of nitro benzene ring substituents is 1. The van der Waals surface area contributed by atoms with E-state index in [4.69, 9.17) is 14.2 Å². The third-order valence-corrected chi connectivity index (χ3v) is 7.61. The molecule has 1 N–H and O–H groups in total. The van der Waals surface area contributed by atoms with Gasteiger partial charge in [0.25, 0.3) is 5.69 Å². The summed E-state index contributed by atoms with van der Waals surface area (Å²) in [6.45, 7) is 9.83. The van der Waals surface area contributed by atoms with E-state index in [-0.39, 0.29) is 30.0 Å². The SMILES string of the molecule is CCOC(=O)C1=C(C)NC(C)=C(C(=O)OCC(C)(C)COC/C=C/c2ccc(Cc3cccnc3)cc2)C1c1cccc([N+](=O)[O-])c1. The molecule has 1 unspecified atom stereocenters. The highest BCUT2D eigenvalue weighted by atomic mass is 16.6. The average molecular weight is 640 g/mol. The van der Waals surface area contributed by atoms with E-state index in [0.29, 0.717) is 30.2 Å². The third kappa shape index (κ3) is 9.46. The number of dihydropyridines is 1. The number of pyridine rings is 1. The number of hydrogen-bond donors (Lipinski definition) is 1. The summed E-state index contributed by atoms with van der Waals surface area (Å²) in [5, 5.41) is 14.6. The van der Waals surface area contributed by atoms with Gasteiger partial charge in [-0.1, -0.05) is 68.5 Å². The number of carbonyl (C=O) groups is 2. The minimum absolute atomic E-state index is 0.0455. The van der Waals surface area contributed by atoms with E-state index >= 15 is 0 Å². The van der Waals surface area contributed by atoms with Crippen LogP contribution in [-0.2, 0) is 30.2 Å². The van der Waals surface area contributed by atoms with Crippen molar-refractivity contribution in [3.63, 3.8) is 0 Å². The van der Waals surface area contributed by atoms with Crippen molar-refractivity contribution < 1.29 is 28.7 Å². The van der Waals surface area contributed by atoms with Gasteiger partial charge in [0.15, 0.2) is 0 Å². The maximum Gasteiger partial charge on any atom is 0.336 e. The van der Waals surface area contributed by atoms with Crippen LogP contribution in [0.25, 0.3) is 6.08 Å². The van der Waals surface area contributed by atoms with Crippen molar-refractivity contribution in [1.29, 1.82) is 0 Å². The number of non-ortho nitro benzene ring substituents is 1. The maximum atomic E-state index is 13.7. The van der Waals surface area contributed by atoms with Crippen LogP contribution in [0.3, 0.4) is 0 Å². The van der Waals surface area contributed by atoms with E-state index in [9.17, 15) is 19.7 Å². The highest BCUT2D eigenvalue weighted by molar-refractivity contribution is 6.00. The lowest BCUT2D eigenvalue weighted by molar-refractivity contribution is -0.384. The molecule has 2 aromatic carbocycles. The number of aromatic nitrogens is 1. The molecule has 2 heterocycles. The highest BCUT2D eigenvalue weighted by Crippen LogP contribution is 2.40. The zero-order valence-electron chi connectivity index (χ0n) is 27.4. The number of ether oxygens (including phenoxy) is 3. The van der Waals surface area contributed by atoms with Crippen LogP contribution in [0.1, 0.15) is 62.8 Å². The lowest BCUT2D eigenvalue weighted by Crippen LogP contribution is -2.34. The van der Waals surface area contributed by atoms with Crippen LogP contribution in [-0.4, -0.2) is 48.3 Å². The van der Waals surface area contributed by atoms with Gasteiger partial charge in [0.1, 0.15) is 0 Å². The molecular formula is C37H41N3O7. The Morgan fingerprint density at radius 1 is 0.957 bits per heavy atom. The van der Waals surface area contributed by atoms with Crippen LogP contribution in [0, 0.1) is 15.5 Å². The van der Waals surface area contributed by atoms with Gasteiger partial charge in [0.05, 0.1) is 48.4 Å². The molecule has 0 saturated heterocycles. The van der Waals surface area contributed by atoms with Crippen molar-refractivity contribution in [3.05, 3.63) is 134 Å². The van der Waals surface area contributed by atoms with E-state index in [2.05, 4.69) is 40.6 Å². The molecular weight excluding hydrogens is 598 g/mol. The van der Waals surface area contributed by atoms with Gasteiger partial charge in [-0.05, 0) is 55.5 Å². The molecule has 47 heavy (non-hydrogen) atoms. The summed E-state index contributed by atoms with van der Waals surface area (Å²) in [6.07, 6.45) is 8.40. The first-order chi connectivity index (χ1) is 22.5. The quantitative estimate of drug-likeness (QED) is 0.0889. The van der Waals surface area contributed by atoms with Crippen LogP contribution < -0.4 is 5.32 Å². The van der Waals surface area contributed by atoms with Gasteiger partial charge in [-0.15, -0.1) is 0 Å². The molecule has 246 valence electrons. The number of hydrogen-bond acceptors (Lipinski definition) is 9. The fourth-order valence-corrected chi connectivity index (χ4v) is 5.35. The van der Waals surface area contributed by atoms with Crippen molar-refractivity contribution in [2.24, 2.45) is 5.41 Å². The maximum absolute atomic E-state index is 13.7. The Morgan fingerprint density at radius 3 is 2.30 bits per heavy atom.